The number of hydrogen-bond donors (Lipinski definition) is 1. The first kappa shape index (κ1) is 22.4. The summed E-state index contributed by atoms with van der Waals surface area (Å²) < 4.78 is 2.22. The summed E-state index contributed by atoms with van der Waals surface area (Å²) in [5, 5.41) is 3.20. The Hall–Kier alpha value is -3.33. The van der Waals surface area contributed by atoms with Gasteiger partial charge in [-0.05, 0) is 24.3 Å². The molecule has 0 aliphatic carbocycles. The fraction of sp³-hybridized carbons (Fsp3) is 0.333. The maximum atomic E-state index is 12.4. The molecule has 1 aromatic carbocycles. The van der Waals surface area contributed by atoms with Crippen LogP contribution in [0.4, 0.5) is 5.69 Å². The van der Waals surface area contributed by atoms with Crippen molar-refractivity contribution >= 4 is 35.2 Å². The number of carbonyl (C=O) groups is 2. The summed E-state index contributed by atoms with van der Waals surface area (Å²) >= 11 is 6.04. The maximum Gasteiger partial charge on any atom is 0.330 e. The molecule has 10 heteroatoms. The van der Waals surface area contributed by atoms with Gasteiger partial charge in [-0.3, -0.25) is 19.0 Å². The summed E-state index contributed by atoms with van der Waals surface area (Å²) in [5.41, 5.74) is 0.263. The van der Waals surface area contributed by atoms with Crippen molar-refractivity contribution in [1.82, 2.24) is 19.4 Å². The minimum atomic E-state index is -0.499. The van der Waals surface area contributed by atoms with Gasteiger partial charge in [0.1, 0.15) is 0 Å². The van der Waals surface area contributed by atoms with Crippen LogP contribution in [0.3, 0.4) is 0 Å². The molecule has 3 rings (SSSR count). The Bertz CT molecular complexity index is 1130. The van der Waals surface area contributed by atoms with Gasteiger partial charge in [-0.15, -0.1) is 0 Å². The van der Waals surface area contributed by atoms with E-state index >= 15 is 0 Å². The van der Waals surface area contributed by atoms with E-state index in [1.54, 1.807) is 4.90 Å². The van der Waals surface area contributed by atoms with E-state index in [9.17, 15) is 19.2 Å². The number of benzene rings is 1. The second-order valence-corrected chi connectivity index (χ2v) is 7.68. The van der Waals surface area contributed by atoms with Gasteiger partial charge in [-0.2, -0.15) is 0 Å². The number of carbonyl (C=O) groups excluding carboxylic acids is 2. The van der Waals surface area contributed by atoms with E-state index in [0.29, 0.717) is 31.2 Å². The standard InChI is InChI=1S/C21H24ClN5O4/c1-24-14-15(20(30)25(2)21(24)31)6-7-18(28)23-13-19(29)27-10-8-26(9-11-27)17-5-3-4-16(22)12-17/h3-7,12,14H,8-11,13H2,1-2H3,(H,23,28)/b7-6+. The van der Waals surface area contributed by atoms with Gasteiger partial charge in [0.25, 0.3) is 5.56 Å². The van der Waals surface area contributed by atoms with E-state index in [0.717, 1.165) is 10.3 Å². The molecule has 1 saturated heterocycles. The minimum absolute atomic E-state index is 0.133. The van der Waals surface area contributed by atoms with Crippen LogP contribution in [0.25, 0.3) is 6.08 Å². The lowest BCUT2D eigenvalue weighted by molar-refractivity contribution is -0.132. The zero-order valence-electron chi connectivity index (χ0n) is 17.4. The molecule has 2 amide bonds. The fourth-order valence-electron chi connectivity index (χ4n) is 3.34. The van der Waals surface area contributed by atoms with Crippen LogP contribution in [-0.2, 0) is 23.7 Å². The number of hydrogen-bond acceptors (Lipinski definition) is 5. The van der Waals surface area contributed by atoms with Crippen molar-refractivity contribution in [3.63, 3.8) is 0 Å². The van der Waals surface area contributed by atoms with Crippen LogP contribution in [0.2, 0.25) is 5.02 Å². The van der Waals surface area contributed by atoms with Crippen LogP contribution in [0.15, 0.2) is 46.1 Å². The number of nitrogens with one attached hydrogen (secondary N) is 1. The highest BCUT2D eigenvalue weighted by Crippen LogP contribution is 2.20. The monoisotopic (exact) mass is 445 g/mol. The Morgan fingerprint density at radius 3 is 2.52 bits per heavy atom. The lowest BCUT2D eigenvalue weighted by atomic mass is 10.2. The number of anilines is 1. The molecule has 2 aromatic rings. The third kappa shape index (κ3) is 5.43. The molecule has 1 N–H and O–H groups in total. The van der Waals surface area contributed by atoms with E-state index in [4.69, 9.17) is 11.6 Å². The molecule has 9 nitrogen and oxygen atoms in total. The smallest absolute Gasteiger partial charge is 0.330 e. The highest BCUT2D eigenvalue weighted by molar-refractivity contribution is 6.30. The topological polar surface area (TPSA) is 96.7 Å². The van der Waals surface area contributed by atoms with Gasteiger partial charge in [-0.1, -0.05) is 17.7 Å². The van der Waals surface area contributed by atoms with Gasteiger partial charge in [0, 0.05) is 63.3 Å². The normalized spacial score (nSPS) is 14.2. The van der Waals surface area contributed by atoms with E-state index in [1.807, 2.05) is 24.3 Å². The lowest BCUT2D eigenvalue weighted by Gasteiger charge is -2.36. The predicted molar refractivity (Wildman–Crippen MR) is 119 cm³/mol. The molecule has 0 unspecified atom stereocenters. The summed E-state index contributed by atoms with van der Waals surface area (Å²) in [6.45, 7) is 2.31. The lowest BCUT2D eigenvalue weighted by Crippen LogP contribution is -2.51. The second-order valence-electron chi connectivity index (χ2n) is 7.24. The Labute approximate surface area is 184 Å². The highest BCUT2D eigenvalue weighted by Gasteiger charge is 2.21. The first-order valence-electron chi connectivity index (χ1n) is 9.77. The van der Waals surface area contributed by atoms with Crippen molar-refractivity contribution in [2.24, 2.45) is 14.1 Å². The first-order valence-corrected chi connectivity index (χ1v) is 10.1. The summed E-state index contributed by atoms with van der Waals surface area (Å²) in [6.07, 6.45) is 3.86. The van der Waals surface area contributed by atoms with Crippen molar-refractivity contribution in [3.8, 4) is 0 Å². The Morgan fingerprint density at radius 1 is 1.13 bits per heavy atom. The molecule has 164 valence electrons. The highest BCUT2D eigenvalue weighted by atomic mass is 35.5. The van der Waals surface area contributed by atoms with Crippen molar-refractivity contribution in [3.05, 3.63) is 68.0 Å². The van der Waals surface area contributed by atoms with E-state index in [1.165, 1.54) is 37.0 Å². The van der Waals surface area contributed by atoms with Crippen LogP contribution < -0.4 is 21.5 Å². The SMILES string of the molecule is Cn1cc(/C=C/C(=O)NCC(=O)N2CCN(c3cccc(Cl)c3)CC2)c(=O)n(C)c1=O. The van der Waals surface area contributed by atoms with Gasteiger partial charge in [0.2, 0.25) is 11.8 Å². The molecule has 1 fully saturated rings. The molecule has 2 heterocycles. The molecule has 0 bridgehead atoms. The molecule has 0 atom stereocenters. The number of nitrogens with zero attached hydrogens (tertiary/aromatic N) is 4. The van der Waals surface area contributed by atoms with E-state index < -0.39 is 17.2 Å². The Kier molecular flexibility index (Phi) is 6.96. The third-order valence-corrected chi connectivity index (χ3v) is 5.34. The summed E-state index contributed by atoms with van der Waals surface area (Å²) in [4.78, 5) is 52.1. The Morgan fingerprint density at radius 2 is 1.84 bits per heavy atom. The van der Waals surface area contributed by atoms with Crippen LogP contribution >= 0.6 is 11.6 Å². The zero-order chi connectivity index (χ0) is 22.5. The second kappa shape index (κ2) is 9.65. The van der Waals surface area contributed by atoms with Gasteiger partial charge < -0.3 is 19.7 Å². The van der Waals surface area contributed by atoms with E-state index in [-0.39, 0.29) is 18.0 Å². The Balaban J connectivity index is 1.50. The molecular weight excluding hydrogens is 422 g/mol. The molecule has 0 spiro atoms. The number of amides is 2. The zero-order valence-corrected chi connectivity index (χ0v) is 18.1. The molecule has 0 radical (unpaired) electrons. The van der Waals surface area contributed by atoms with Crippen LogP contribution in [0, 0.1) is 0 Å². The third-order valence-electron chi connectivity index (χ3n) is 5.11. The molecule has 1 aliphatic heterocycles. The summed E-state index contributed by atoms with van der Waals surface area (Å²) in [5.74, 6) is -0.674. The van der Waals surface area contributed by atoms with Crippen LogP contribution in [-0.4, -0.2) is 58.6 Å². The molecule has 31 heavy (non-hydrogen) atoms. The van der Waals surface area contributed by atoms with Gasteiger partial charge >= 0.3 is 5.69 Å². The van der Waals surface area contributed by atoms with Crippen molar-refractivity contribution in [1.29, 1.82) is 0 Å². The average Bonchev–Trinajstić information content (AvgIpc) is 2.77. The van der Waals surface area contributed by atoms with Gasteiger partial charge in [0.15, 0.2) is 0 Å². The quantitative estimate of drug-likeness (QED) is 0.664. The fourth-order valence-corrected chi connectivity index (χ4v) is 3.52. The molecular formula is C21H24ClN5O4. The minimum Gasteiger partial charge on any atom is -0.368 e. The first-order chi connectivity index (χ1) is 14.8. The van der Waals surface area contributed by atoms with Crippen molar-refractivity contribution in [2.75, 3.05) is 37.6 Å². The van der Waals surface area contributed by atoms with Crippen molar-refractivity contribution in [2.45, 2.75) is 0 Å². The van der Waals surface area contributed by atoms with Crippen LogP contribution in [0.1, 0.15) is 5.56 Å². The van der Waals surface area contributed by atoms with Gasteiger partial charge in [-0.25, -0.2) is 4.79 Å². The number of rotatable bonds is 5. The summed E-state index contributed by atoms with van der Waals surface area (Å²) in [6, 6.07) is 7.58. The molecule has 0 saturated carbocycles. The summed E-state index contributed by atoms with van der Waals surface area (Å²) in [7, 11) is 2.89. The predicted octanol–water partition coefficient (Wildman–Crippen LogP) is 0.216. The van der Waals surface area contributed by atoms with Gasteiger partial charge in [0.05, 0.1) is 12.1 Å². The van der Waals surface area contributed by atoms with E-state index in [2.05, 4.69) is 10.2 Å². The average molecular weight is 446 g/mol. The number of aryl methyl sites for hydroxylation is 1. The molecule has 1 aliphatic rings. The van der Waals surface area contributed by atoms with Crippen molar-refractivity contribution < 1.29 is 9.59 Å². The number of piperazine rings is 1. The number of aromatic nitrogens is 2. The van der Waals surface area contributed by atoms with Crippen LogP contribution in [0.5, 0.6) is 0 Å². The molecule has 1 aromatic heterocycles. The number of halogens is 1. The maximum absolute atomic E-state index is 12.4. The largest absolute Gasteiger partial charge is 0.368 e.